The van der Waals surface area contributed by atoms with Gasteiger partial charge in [0, 0.05) is 29.1 Å². The first-order chi connectivity index (χ1) is 12.9. The second-order valence-electron chi connectivity index (χ2n) is 7.31. The Morgan fingerprint density at radius 1 is 1.11 bits per heavy atom. The number of anilines is 1. The summed E-state index contributed by atoms with van der Waals surface area (Å²) in [5.74, 6) is 0.887. The summed E-state index contributed by atoms with van der Waals surface area (Å²) in [6.07, 6.45) is 8.25. The number of oxazole rings is 1. The fourth-order valence-electron chi connectivity index (χ4n) is 2.72. The Balaban J connectivity index is 1.55. The number of carbonyl (C=O) groups is 1. The molecule has 1 N–H and O–H groups in total. The number of imidazole rings is 1. The van der Waals surface area contributed by atoms with Crippen molar-refractivity contribution in [1.82, 2.24) is 19.4 Å². The Hall–Kier alpha value is -3.48. The van der Waals surface area contributed by atoms with Gasteiger partial charge < -0.3 is 14.1 Å². The highest BCUT2D eigenvalue weighted by Gasteiger charge is 2.16. The van der Waals surface area contributed by atoms with Crippen molar-refractivity contribution in [3.63, 3.8) is 0 Å². The summed E-state index contributed by atoms with van der Waals surface area (Å²) in [5, 5.41) is 2.81. The van der Waals surface area contributed by atoms with Gasteiger partial charge in [-0.2, -0.15) is 0 Å². The molecule has 0 radical (unpaired) electrons. The number of carbonyl (C=O) groups excluding carboxylic acids is 1. The van der Waals surface area contributed by atoms with Crippen LogP contribution in [0, 0.1) is 0 Å². The van der Waals surface area contributed by atoms with E-state index in [0.29, 0.717) is 17.1 Å². The molecular weight excluding hydrogens is 342 g/mol. The maximum Gasteiger partial charge on any atom is 0.258 e. The molecule has 27 heavy (non-hydrogen) atoms. The Morgan fingerprint density at radius 2 is 1.96 bits per heavy atom. The smallest absolute Gasteiger partial charge is 0.258 e. The molecule has 0 fully saturated rings. The van der Waals surface area contributed by atoms with E-state index in [2.05, 4.69) is 41.0 Å². The fourth-order valence-corrected chi connectivity index (χ4v) is 2.72. The third-order valence-corrected chi connectivity index (χ3v) is 4.20. The minimum Gasteiger partial charge on any atom is -0.443 e. The Morgan fingerprint density at radius 3 is 2.63 bits per heavy atom. The molecule has 136 valence electrons. The number of aromatic nitrogens is 4. The molecule has 0 saturated carbocycles. The molecule has 7 nitrogen and oxygen atoms in total. The molecule has 0 atom stereocenters. The van der Waals surface area contributed by atoms with Crippen LogP contribution >= 0.6 is 0 Å². The van der Waals surface area contributed by atoms with Gasteiger partial charge in [0.1, 0.15) is 5.65 Å². The van der Waals surface area contributed by atoms with Crippen LogP contribution in [0.25, 0.3) is 17.0 Å². The summed E-state index contributed by atoms with van der Waals surface area (Å²) in [6, 6.07) is 7.40. The van der Waals surface area contributed by atoms with Crippen LogP contribution in [0.4, 0.5) is 5.82 Å². The van der Waals surface area contributed by atoms with E-state index < -0.39 is 0 Å². The summed E-state index contributed by atoms with van der Waals surface area (Å²) in [7, 11) is 0. The van der Waals surface area contributed by atoms with Crippen molar-refractivity contribution in [1.29, 1.82) is 0 Å². The van der Waals surface area contributed by atoms with E-state index in [4.69, 9.17) is 4.42 Å². The summed E-state index contributed by atoms with van der Waals surface area (Å²) in [4.78, 5) is 25.2. The van der Waals surface area contributed by atoms with Gasteiger partial charge >= 0.3 is 0 Å². The molecule has 0 aromatic carbocycles. The number of hydrogen-bond donors (Lipinski definition) is 1. The summed E-state index contributed by atoms with van der Waals surface area (Å²) >= 11 is 0. The molecule has 1 amide bonds. The number of nitrogens with zero attached hydrogens (tertiary/aromatic N) is 4. The number of amides is 1. The van der Waals surface area contributed by atoms with Crippen molar-refractivity contribution in [2.24, 2.45) is 0 Å². The molecule has 4 rings (SSSR count). The second kappa shape index (κ2) is 6.35. The van der Waals surface area contributed by atoms with Crippen molar-refractivity contribution in [2.45, 2.75) is 26.2 Å². The van der Waals surface area contributed by atoms with Gasteiger partial charge in [-0.3, -0.25) is 9.78 Å². The largest absolute Gasteiger partial charge is 0.443 e. The Kier molecular flexibility index (Phi) is 3.99. The Bertz CT molecular complexity index is 1090. The second-order valence-corrected chi connectivity index (χ2v) is 7.31. The highest BCUT2D eigenvalue weighted by atomic mass is 16.3. The van der Waals surface area contributed by atoms with E-state index >= 15 is 0 Å². The SMILES string of the molecule is CC(C)(C)c1ccc(C(=O)Nc2cn3cc(-c4cnco4)ccc3n2)cn1. The fraction of sp³-hybridized carbons (Fsp3) is 0.200. The van der Waals surface area contributed by atoms with Crippen LogP contribution < -0.4 is 5.32 Å². The van der Waals surface area contributed by atoms with Crippen molar-refractivity contribution >= 4 is 17.4 Å². The van der Waals surface area contributed by atoms with E-state index in [-0.39, 0.29) is 11.3 Å². The molecule has 7 heteroatoms. The number of nitrogens with one attached hydrogen (secondary N) is 1. The van der Waals surface area contributed by atoms with Crippen LogP contribution in [-0.2, 0) is 5.41 Å². The topological polar surface area (TPSA) is 85.3 Å². The van der Waals surface area contributed by atoms with Crippen molar-refractivity contribution in [2.75, 3.05) is 5.32 Å². The van der Waals surface area contributed by atoms with Crippen LogP contribution in [0.5, 0.6) is 0 Å². The normalized spacial score (nSPS) is 11.7. The van der Waals surface area contributed by atoms with Crippen molar-refractivity contribution < 1.29 is 9.21 Å². The molecule has 0 aliphatic carbocycles. The van der Waals surface area contributed by atoms with Gasteiger partial charge in [-0.15, -0.1) is 0 Å². The minimum absolute atomic E-state index is 0.0577. The van der Waals surface area contributed by atoms with E-state index in [1.807, 2.05) is 28.8 Å². The zero-order valence-corrected chi connectivity index (χ0v) is 15.3. The Labute approximate surface area is 156 Å². The average Bonchev–Trinajstić information content (AvgIpc) is 3.29. The molecule has 4 aromatic heterocycles. The first-order valence-electron chi connectivity index (χ1n) is 8.56. The van der Waals surface area contributed by atoms with Gasteiger partial charge in [-0.05, 0) is 24.3 Å². The van der Waals surface area contributed by atoms with Crippen LogP contribution in [0.3, 0.4) is 0 Å². The predicted molar refractivity (Wildman–Crippen MR) is 102 cm³/mol. The molecule has 0 unspecified atom stereocenters. The number of pyridine rings is 2. The van der Waals surface area contributed by atoms with Crippen LogP contribution in [-0.4, -0.2) is 25.3 Å². The highest BCUT2D eigenvalue weighted by Crippen LogP contribution is 2.22. The molecule has 4 heterocycles. The minimum atomic E-state index is -0.248. The molecule has 0 bridgehead atoms. The molecule has 0 aliphatic rings. The van der Waals surface area contributed by atoms with E-state index in [9.17, 15) is 4.79 Å². The highest BCUT2D eigenvalue weighted by molar-refractivity contribution is 6.03. The molecular formula is C20H19N5O2. The number of fused-ring (bicyclic) bond motifs is 1. The van der Waals surface area contributed by atoms with Gasteiger partial charge in [0.2, 0.25) is 0 Å². The summed E-state index contributed by atoms with van der Waals surface area (Å²) in [5.41, 5.74) is 2.96. The van der Waals surface area contributed by atoms with Crippen LogP contribution in [0.2, 0.25) is 0 Å². The summed E-state index contributed by atoms with van der Waals surface area (Å²) in [6.45, 7) is 6.25. The van der Waals surface area contributed by atoms with Gasteiger partial charge in [-0.1, -0.05) is 20.8 Å². The number of hydrogen-bond acceptors (Lipinski definition) is 5. The molecule has 0 saturated heterocycles. The third kappa shape index (κ3) is 3.44. The van der Waals surface area contributed by atoms with Crippen LogP contribution in [0.1, 0.15) is 36.8 Å². The van der Waals surface area contributed by atoms with E-state index in [1.165, 1.54) is 6.39 Å². The zero-order chi connectivity index (χ0) is 19.0. The first-order valence-corrected chi connectivity index (χ1v) is 8.56. The maximum atomic E-state index is 12.5. The average molecular weight is 361 g/mol. The van der Waals surface area contributed by atoms with E-state index in [0.717, 1.165) is 16.9 Å². The lowest BCUT2D eigenvalue weighted by Crippen LogP contribution is -2.16. The van der Waals surface area contributed by atoms with Gasteiger partial charge in [-0.25, -0.2) is 9.97 Å². The third-order valence-electron chi connectivity index (χ3n) is 4.20. The molecule has 0 aliphatic heterocycles. The zero-order valence-electron chi connectivity index (χ0n) is 15.3. The van der Waals surface area contributed by atoms with E-state index in [1.54, 1.807) is 24.7 Å². The monoisotopic (exact) mass is 361 g/mol. The number of rotatable bonds is 3. The molecule has 4 aromatic rings. The lowest BCUT2D eigenvalue weighted by Gasteiger charge is -2.17. The standard InChI is InChI=1S/C20H19N5O2/c1-20(2,3)16-6-4-13(8-22-16)19(26)24-17-11-25-10-14(5-7-18(25)23-17)15-9-21-12-27-15/h4-12H,1-3H3,(H,24,26). The van der Waals surface area contributed by atoms with Crippen molar-refractivity contribution in [3.8, 4) is 11.3 Å². The maximum absolute atomic E-state index is 12.5. The van der Waals surface area contributed by atoms with Gasteiger partial charge in [0.05, 0.1) is 18.0 Å². The lowest BCUT2D eigenvalue weighted by atomic mass is 9.91. The summed E-state index contributed by atoms with van der Waals surface area (Å²) < 4.78 is 7.14. The van der Waals surface area contributed by atoms with Gasteiger partial charge in [0.15, 0.2) is 18.0 Å². The lowest BCUT2D eigenvalue weighted by molar-refractivity contribution is 0.102. The van der Waals surface area contributed by atoms with Crippen LogP contribution in [0.15, 0.2) is 59.9 Å². The van der Waals surface area contributed by atoms with Gasteiger partial charge in [0.25, 0.3) is 5.91 Å². The quantitative estimate of drug-likeness (QED) is 0.597. The first kappa shape index (κ1) is 17.0. The molecule has 0 spiro atoms. The predicted octanol–water partition coefficient (Wildman–Crippen LogP) is 3.93. The van der Waals surface area contributed by atoms with Crippen molar-refractivity contribution in [3.05, 3.63) is 66.7 Å².